The molecule has 4 heteroatoms. The normalized spacial score (nSPS) is 14.8. The maximum Gasteiger partial charge on any atom is 0.105 e. The summed E-state index contributed by atoms with van der Waals surface area (Å²) in [6.07, 6.45) is 2.04. The standard InChI is InChI=1S/C13H16N2O2/c14-6-4-12(16)13(17)11-3-1-2-9-8-15-7-5-10(9)11/h1-3,5,7-8,12-13,16-17H,4,6,14H2. The number of aromatic nitrogens is 1. The van der Waals surface area contributed by atoms with Crippen LogP contribution >= 0.6 is 0 Å². The number of hydrogen-bond acceptors (Lipinski definition) is 4. The molecule has 2 rings (SSSR count). The lowest BCUT2D eigenvalue weighted by Gasteiger charge is -2.19. The Bertz CT molecular complexity index is 496. The largest absolute Gasteiger partial charge is 0.390 e. The Labute approximate surface area is 99.7 Å². The van der Waals surface area contributed by atoms with Crippen molar-refractivity contribution in [2.75, 3.05) is 6.54 Å². The van der Waals surface area contributed by atoms with Crippen LogP contribution in [0.5, 0.6) is 0 Å². The lowest BCUT2D eigenvalue weighted by molar-refractivity contribution is 0.0159. The van der Waals surface area contributed by atoms with Gasteiger partial charge in [0.2, 0.25) is 0 Å². The van der Waals surface area contributed by atoms with E-state index in [0.29, 0.717) is 18.5 Å². The topological polar surface area (TPSA) is 79.4 Å². The van der Waals surface area contributed by atoms with Crippen LogP contribution in [0.15, 0.2) is 36.7 Å². The molecule has 0 fully saturated rings. The lowest BCUT2D eigenvalue weighted by Crippen LogP contribution is -2.21. The van der Waals surface area contributed by atoms with E-state index in [9.17, 15) is 10.2 Å². The minimum Gasteiger partial charge on any atom is -0.390 e. The zero-order chi connectivity index (χ0) is 12.3. The van der Waals surface area contributed by atoms with Crippen LogP contribution in [0.25, 0.3) is 10.8 Å². The van der Waals surface area contributed by atoms with E-state index in [1.54, 1.807) is 12.4 Å². The summed E-state index contributed by atoms with van der Waals surface area (Å²) in [4.78, 5) is 4.03. The van der Waals surface area contributed by atoms with Gasteiger partial charge in [-0.1, -0.05) is 18.2 Å². The third kappa shape index (κ3) is 2.44. The summed E-state index contributed by atoms with van der Waals surface area (Å²) in [5, 5.41) is 21.7. The number of fused-ring (bicyclic) bond motifs is 1. The van der Waals surface area contributed by atoms with Crippen molar-refractivity contribution in [1.82, 2.24) is 4.98 Å². The minimum absolute atomic E-state index is 0.352. The minimum atomic E-state index is -0.912. The molecule has 0 radical (unpaired) electrons. The molecule has 2 aromatic rings. The summed E-state index contributed by atoms with van der Waals surface area (Å²) in [6, 6.07) is 7.42. The number of hydrogen-bond donors (Lipinski definition) is 3. The van der Waals surface area contributed by atoms with Gasteiger partial charge in [0.05, 0.1) is 6.10 Å². The van der Waals surface area contributed by atoms with E-state index in [2.05, 4.69) is 4.98 Å². The Morgan fingerprint density at radius 3 is 2.82 bits per heavy atom. The highest BCUT2D eigenvalue weighted by atomic mass is 16.3. The van der Waals surface area contributed by atoms with Crippen LogP contribution in [0.1, 0.15) is 18.1 Å². The van der Waals surface area contributed by atoms with Gasteiger partial charge in [-0.15, -0.1) is 0 Å². The fraction of sp³-hybridized carbons (Fsp3) is 0.308. The number of nitrogens with two attached hydrogens (primary N) is 1. The van der Waals surface area contributed by atoms with E-state index in [-0.39, 0.29) is 0 Å². The Morgan fingerprint density at radius 1 is 1.24 bits per heavy atom. The van der Waals surface area contributed by atoms with Gasteiger partial charge in [-0.2, -0.15) is 0 Å². The molecule has 17 heavy (non-hydrogen) atoms. The van der Waals surface area contributed by atoms with Gasteiger partial charge in [-0.3, -0.25) is 4.98 Å². The molecule has 0 bridgehead atoms. The predicted molar refractivity (Wildman–Crippen MR) is 66.4 cm³/mol. The van der Waals surface area contributed by atoms with E-state index in [1.807, 2.05) is 24.3 Å². The first-order valence-corrected chi connectivity index (χ1v) is 5.63. The smallest absolute Gasteiger partial charge is 0.105 e. The first-order chi connectivity index (χ1) is 8.24. The summed E-state index contributed by atoms with van der Waals surface area (Å²) in [7, 11) is 0. The van der Waals surface area contributed by atoms with Gasteiger partial charge in [0.25, 0.3) is 0 Å². The molecule has 1 heterocycles. The molecule has 0 aliphatic carbocycles. The molecule has 0 amide bonds. The average Bonchev–Trinajstić information content (AvgIpc) is 2.37. The summed E-state index contributed by atoms with van der Waals surface area (Å²) in [6.45, 7) is 0.352. The maximum atomic E-state index is 10.1. The van der Waals surface area contributed by atoms with Gasteiger partial charge in [-0.25, -0.2) is 0 Å². The highest BCUT2D eigenvalue weighted by molar-refractivity contribution is 5.85. The molecule has 2 unspecified atom stereocenters. The number of pyridine rings is 1. The van der Waals surface area contributed by atoms with Crippen LogP contribution < -0.4 is 5.73 Å². The summed E-state index contributed by atoms with van der Waals surface area (Å²) >= 11 is 0. The predicted octanol–water partition coefficient (Wildman–Crippen LogP) is 0.978. The molecule has 2 atom stereocenters. The van der Waals surface area contributed by atoms with Crippen molar-refractivity contribution < 1.29 is 10.2 Å². The number of benzene rings is 1. The summed E-state index contributed by atoms with van der Waals surface area (Å²) < 4.78 is 0. The Balaban J connectivity index is 2.41. The van der Waals surface area contributed by atoms with Crippen molar-refractivity contribution in [3.05, 3.63) is 42.2 Å². The summed E-state index contributed by atoms with van der Waals surface area (Å²) in [5.74, 6) is 0. The first-order valence-electron chi connectivity index (χ1n) is 5.63. The van der Waals surface area contributed by atoms with Gasteiger partial charge in [0.15, 0.2) is 0 Å². The zero-order valence-corrected chi connectivity index (χ0v) is 9.45. The van der Waals surface area contributed by atoms with Crippen molar-refractivity contribution >= 4 is 10.8 Å². The molecule has 0 saturated heterocycles. The monoisotopic (exact) mass is 232 g/mol. The fourth-order valence-corrected chi connectivity index (χ4v) is 1.94. The fourth-order valence-electron chi connectivity index (χ4n) is 1.94. The molecule has 0 saturated carbocycles. The molecule has 4 nitrogen and oxygen atoms in total. The van der Waals surface area contributed by atoms with E-state index in [1.165, 1.54) is 0 Å². The molecule has 1 aromatic heterocycles. The van der Waals surface area contributed by atoms with Crippen LogP contribution in [-0.4, -0.2) is 27.8 Å². The van der Waals surface area contributed by atoms with E-state index in [0.717, 1.165) is 10.8 Å². The second-order valence-electron chi connectivity index (χ2n) is 4.03. The first kappa shape index (κ1) is 12.0. The van der Waals surface area contributed by atoms with Crippen LogP contribution in [0, 0.1) is 0 Å². The van der Waals surface area contributed by atoms with Gasteiger partial charge in [0.1, 0.15) is 6.10 Å². The molecular weight excluding hydrogens is 216 g/mol. The van der Waals surface area contributed by atoms with Crippen molar-refractivity contribution in [1.29, 1.82) is 0 Å². The van der Waals surface area contributed by atoms with E-state index >= 15 is 0 Å². The highest BCUT2D eigenvalue weighted by Crippen LogP contribution is 2.26. The molecule has 0 spiro atoms. The lowest BCUT2D eigenvalue weighted by atomic mass is 9.97. The maximum absolute atomic E-state index is 10.1. The molecular formula is C13H16N2O2. The second-order valence-corrected chi connectivity index (χ2v) is 4.03. The van der Waals surface area contributed by atoms with Crippen molar-refractivity contribution in [2.45, 2.75) is 18.6 Å². The molecule has 0 aliphatic heterocycles. The van der Waals surface area contributed by atoms with Gasteiger partial charge >= 0.3 is 0 Å². The Morgan fingerprint density at radius 2 is 2.06 bits per heavy atom. The van der Waals surface area contributed by atoms with Gasteiger partial charge < -0.3 is 15.9 Å². The molecule has 90 valence electrons. The third-order valence-corrected chi connectivity index (χ3v) is 2.86. The number of rotatable bonds is 4. The van der Waals surface area contributed by atoms with Crippen molar-refractivity contribution in [3.8, 4) is 0 Å². The SMILES string of the molecule is NCCC(O)C(O)c1cccc2cnccc12. The van der Waals surface area contributed by atoms with Gasteiger partial charge in [-0.05, 0) is 30.0 Å². The van der Waals surface area contributed by atoms with Crippen LogP contribution in [0.4, 0.5) is 0 Å². The number of aliphatic hydroxyl groups excluding tert-OH is 2. The van der Waals surface area contributed by atoms with E-state index in [4.69, 9.17) is 5.73 Å². The van der Waals surface area contributed by atoms with E-state index < -0.39 is 12.2 Å². The summed E-state index contributed by atoms with van der Waals surface area (Å²) in [5.41, 5.74) is 6.09. The van der Waals surface area contributed by atoms with Gasteiger partial charge in [0, 0.05) is 17.8 Å². The second kappa shape index (κ2) is 5.23. The average molecular weight is 232 g/mol. The zero-order valence-electron chi connectivity index (χ0n) is 9.45. The Hall–Kier alpha value is -1.49. The Kier molecular flexibility index (Phi) is 3.68. The van der Waals surface area contributed by atoms with Crippen molar-refractivity contribution in [3.63, 3.8) is 0 Å². The highest BCUT2D eigenvalue weighted by Gasteiger charge is 2.19. The molecule has 1 aromatic carbocycles. The van der Waals surface area contributed by atoms with Crippen LogP contribution in [0.3, 0.4) is 0 Å². The molecule has 4 N–H and O–H groups in total. The number of nitrogens with zero attached hydrogens (tertiary/aromatic N) is 1. The quantitative estimate of drug-likeness (QED) is 0.734. The van der Waals surface area contributed by atoms with Crippen molar-refractivity contribution in [2.24, 2.45) is 5.73 Å². The third-order valence-electron chi connectivity index (χ3n) is 2.86. The van der Waals surface area contributed by atoms with Crippen LogP contribution in [0.2, 0.25) is 0 Å². The number of aliphatic hydroxyl groups is 2. The molecule has 0 aliphatic rings. The van der Waals surface area contributed by atoms with Crippen LogP contribution in [-0.2, 0) is 0 Å².